The highest BCUT2D eigenvalue weighted by atomic mass is 16.4. The van der Waals surface area contributed by atoms with Crippen LogP contribution in [0.1, 0.15) is 35.2 Å². The fourth-order valence-corrected chi connectivity index (χ4v) is 2.67. The Morgan fingerprint density at radius 3 is 2.76 bits per heavy atom. The maximum atomic E-state index is 12.3. The molecule has 1 aromatic carbocycles. The van der Waals surface area contributed by atoms with E-state index in [-0.39, 0.29) is 11.9 Å². The van der Waals surface area contributed by atoms with Gasteiger partial charge in [0.1, 0.15) is 0 Å². The van der Waals surface area contributed by atoms with Crippen molar-refractivity contribution < 1.29 is 14.7 Å². The maximum absolute atomic E-state index is 12.3. The fraction of sp³-hybridized carbons (Fsp3) is 0.500. The number of hydrogen-bond acceptors (Lipinski definition) is 3. The third-order valence-electron chi connectivity index (χ3n) is 3.95. The zero-order valence-corrected chi connectivity index (χ0v) is 12.3. The van der Waals surface area contributed by atoms with Crippen molar-refractivity contribution >= 4 is 11.9 Å². The van der Waals surface area contributed by atoms with E-state index in [0.29, 0.717) is 18.5 Å². The summed E-state index contributed by atoms with van der Waals surface area (Å²) in [7, 11) is 1.78. The van der Waals surface area contributed by atoms with Gasteiger partial charge < -0.3 is 15.3 Å². The minimum Gasteiger partial charge on any atom is -0.478 e. The first-order valence-corrected chi connectivity index (χ1v) is 7.39. The molecule has 1 aliphatic rings. The summed E-state index contributed by atoms with van der Waals surface area (Å²) in [5.41, 5.74) is 1.08. The summed E-state index contributed by atoms with van der Waals surface area (Å²) < 4.78 is 0. The zero-order valence-electron chi connectivity index (χ0n) is 12.3. The number of piperidine rings is 1. The first-order valence-electron chi connectivity index (χ1n) is 7.39. The number of carboxylic acids is 1. The molecule has 1 fully saturated rings. The van der Waals surface area contributed by atoms with Gasteiger partial charge in [-0.05, 0) is 37.4 Å². The summed E-state index contributed by atoms with van der Waals surface area (Å²) >= 11 is 0. The van der Waals surface area contributed by atoms with E-state index in [1.54, 1.807) is 30.1 Å². The van der Waals surface area contributed by atoms with Gasteiger partial charge in [-0.3, -0.25) is 4.79 Å². The van der Waals surface area contributed by atoms with Crippen molar-refractivity contribution in [3.05, 3.63) is 35.4 Å². The van der Waals surface area contributed by atoms with Crippen molar-refractivity contribution in [1.29, 1.82) is 0 Å². The van der Waals surface area contributed by atoms with E-state index >= 15 is 0 Å². The smallest absolute Gasteiger partial charge is 0.335 e. The minimum atomic E-state index is -0.923. The van der Waals surface area contributed by atoms with Crippen molar-refractivity contribution in [3.63, 3.8) is 0 Å². The average molecular weight is 290 g/mol. The van der Waals surface area contributed by atoms with Crippen molar-refractivity contribution in [2.45, 2.75) is 31.7 Å². The Labute approximate surface area is 125 Å². The number of likely N-dealkylation sites (N-methyl/N-ethyl adjacent to an activating group) is 1. The lowest BCUT2D eigenvalue weighted by Gasteiger charge is -2.27. The number of aromatic carboxylic acids is 1. The standard InChI is InChI=1S/C16H22N2O3/c1-18(15(19)14-8-4-5-10-17-14)11-9-12-6-2-3-7-13(12)16(20)21/h2-3,6-7,14,17H,4-5,8-11H2,1H3,(H,20,21). The summed E-state index contributed by atoms with van der Waals surface area (Å²) in [6.07, 6.45) is 3.64. The van der Waals surface area contributed by atoms with Gasteiger partial charge in [0, 0.05) is 13.6 Å². The Hall–Kier alpha value is -1.88. The summed E-state index contributed by atoms with van der Waals surface area (Å²) in [5, 5.41) is 12.4. The van der Waals surface area contributed by atoms with Crippen LogP contribution in [0, 0.1) is 0 Å². The molecule has 1 aromatic rings. The molecule has 1 aliphatic heterocycles. The Bertz CT molecular complexity index is 510. The molecule has 1 heterocycles. The summed E-state index contributed by atoms with van der Waals surface area (Å²) in [5.74, 6) is -0.823. The second-order valence-electron chi connectivity index (χ2n) is 5.47. The van der Waals surface area contributed by atoms with E-state index in [0.717, 1.165) is 31.4 Å². The van der Waals surface area contributed by atoms with Crippen molar-refractivity contribution in [2.75, 3.05) is 20.1 Å². The Balaban J connectivity index is 1.93. The van der Waals surface area contributed by atoms with Crippen LogP contribution in [-0.4, -0.2) is 48.1 Å². The van der Waals surface area contributed by atoms with E-state index < -0.39 is 5.97 Å². The van der Waals surface area contributed by atoms with Gasteiger partial charge >= 0.3 is 5.97 Å². The number of carbonyl (C=O) groups excluding carboxylic acids is 1. The number of nitrogens with zero attached hydrogens (tertiary/aromatic N) is 1. The van der Waals surface area contributed by atoms with Gasteiger partial charge in [-0.15, -0.1) is 0 Å². The first-order chi connectivity index (χ1) is 10.1. The van der Waals surface area contributed by atoms with Gasteiger partial charge in [-0.2, -0.15) is 0 Å². The van der Waals surface area contributed by atoms with Crippen LogP contribution in [0.2, 0.25) is 0 Å². The lowest BCUT2D eigenvalue weighted by Crippen LogP contribution is -2.47. The number of carboxylic acid groups (broad SMARTS) is 1. The molecule has 114 valence electrons. The number of carbonyl (C=O) groups is 2. The molecule has 5 heteroatoms. The molecule has 2 N–H and O–H groups in total. The first kappa shape index (κ1) is 15.5. The van der Waals surface area contributed by atoms with Crippen LogP contribution in [0.4, 0.5) is 0 Å². The third-order valence-corrected chi connectivity index (χ3v) is 3.95. The molecule has 0 aromatic heterocycles. The van der Waals surface area contributed by atoms with Crippen LogP contribution in [0.3, 0.4) is 0 Å². The summed E-state index contributed by atoms with van der Waals surface area (Å²) in [6, 6.07) is 6.86. The van der Waals surface area contributed by atoms with Gasteiger partial charge in [-0.25, -0.2) is 4.79 Å². The minimum absolute atomic E-state index is 0.0848. The molecule has 0 spiro atoms. The highest BCUT2D eigenvalue weighted by Crippen LogP contribution is 2.12. The van der Waals surface area contributed by atoms with Crippen molar-refractivity contribution in [1.82, 2.24) is 10.2 Å². The van der Waals surface area contributed by atoms with Crippen LogP contribution in [0.25, 0.3) is 0 Å². The van der Waals surface area contributed by atoms with Gasteiger partial charge in [0.25, 0.3) is 0 Å². The zero-order chi connectivity index (χ0) is 15.2. The quantitative estimate of drug-likeness (QED) is 0.863. The van der Waals surface area contributed by atoms with Crippen LogP contribution >= 0.6 is 0 Å². The molecule has 1 unspecified atom stereocenters. The van der Waals surface area contributed by atoms with Gasteiger partial charge in [-0.1, -0.05) is 24.6 Å². The third kappa shape index (κ3) is 4.04. The molecule has 21 heavy (non-hydrogen) atoms. The lowest BCUT2D eigenvalue weighted by atomic mass is 10.0. The van der Waals surface area contributed by atoms with E-state index in [1.165, 1.54) is 0 Å². The molecule has 1 atom stereocenters. The van der Waals surface area contributed by atoms with Crippen LogP contribution < -0.4 is 5.32 Å². The number of amides is 1. The summed E-state index contributed by atoms with van der Waals surface area (Å²) in [4.78, 5) is 25.1. The Kier molecular flexibility index (Phi) is 5.33. The van der Waals surface area contributed by atoms with Crippen LogP contribution in [0.15, 0.2) is 24.3 Å². The molecule has 5 nitrogen and oxygen atoms in total. The molecular weight excluding hydrogens is 268 g/mol. The summed E-state index contributed by atoms with van der Waals surface area (Å²) in [6.45, 7) is 1.42. The molecule has 0 radical (unpaired) electrons. The van der Waals surface area contributed by atoms with Gasteiger partial charge in [0.05, 0.1) is 11.6 Å². The topological polar surface area (TPSA) is 69.6 Å². The highest BCUT2D eigenvalue weighted by Gasteiger charge is 2.23. The van der Waals surface area contributed by atoms with Gasteiger partial charge in [0.2, 0.25) is 5.91 Å². The monoisotopic (exact) mass is 290 g/mol. The fourth-order valence-electron chi connectivity index (χ4n) is 2.67. The second-order valence-corrected chi connectivity index (χ2v) is 5.47. The molecule has 0 saturated carbocycles. The molecular formula is C16H22N2O3. The van der Waals surface area contributed by atoms with Gasteiger partial charge in [0.15, 0.2) is 0 Å². The number of nitrogens with one attached hydrogen (secondary N) is 1. The normalized spacial score (nSPS) is 18.2. The highest BCUT2D eigenvalue weighted by molar-refractivity contribution is 5.89. The molecule has 1 amide bonds. The van der Waals surface area contributed by atoms with E-state index in [4.69, 9.17) is 5.11 Å². The molecule has 0 aliphatic carbocycles. The molecule has 0 bridgehead atoms. The van der Waals surface area contributed by atoms with E-state index in [2.05, 4.69) is 5.32 Å². The largest absolute Gasteiger partial charge is 0.478 e. The van der Waals surface area contributed by atoms with Crippen LogP contribution in [0.5, 0.6) is 0 Å². The van der Waals surface area contributed by atoms with Crippen molar-refractivity contribution in [2.24, 2.45) is 0 Å². The van der Waals surface area contributed by atoms with E-state index in [9.17, 15) is 9.59 Å². The maximum Gasteiger partial charge on any atom is 0.335 e. The number of hydrogen-bond donors (Lipinski definition) is 2. The predicted molar refractivity (Wildman–Crippen MR) is 80.4 cm³/mol. The van der Waals surface area contributed by atoms with E-state index in [1.807, 2.05) is 6.07 Å². The SMILES string of the molecule is CN(CCc1ccccc1C(=O)O)C(=O)C1CCCCN1. The predicted octanol–water partition coefficient (Wildman–Crippen LogP) is 1.53. The lowest BCUT2D eigenvalue weighted by molar-refractivity contribution is -0.132. The van der Waals surface area contributed by atoms with Crippen LogP contribution in [-0.2, 0) is 11.2 Å². The van der Waals surface area contributed by atoms with Crippen molar-refractivity contribution in [3.8, 4) is 0 Å². The Morgan fingerprint density at radius 1 is 1.33 bits per heavy atom. The average Bonchev–Trinajstić information content (AvgIpc) is 2.52. The molecule has 2 rings (SSSR count). The molecule has 1 saturated heterocycles. The number of rotatable bonds is 5. The number of benzene rings is 1. The Morgan fingerprint density at radius 2 is 2.10 bits per heavy atom. The second kappa shape index (κ2) is 7.22.